The molecule has 0 radical (unpaired) electrons. The van der Waals surface area contributed by atoms with Gasteiger partial charge < -0.3 is 14.0 Å². The second-order valence-corrected chi connectivity index (χ2v) is 13.3. The normalized spacial score (nSPS) is 14.4. The van der Waals surface area contributed by atoms with Gasteiger partial charge in [-0.25, -0.2) is 9.79 Å². The lowest BCUT2D eigenvalue weighted by Crippen LogP contribution is -2.40. The van der Waals surface area contributed by atoms with Crippen LogP contribution in [0.5, 0.6) is 5.75 Å². The first-order valence-corrected chi connectivity index (χ1v) is 17.5. The number of esters is 1. The van der Waals surface area contributed by atoms with Gasteiger partial charge >= 0.3 is 5.97 Å². The van der Waals surface area contributed by atoms with Gasteiger partial charge in [-0.1, -0.05) is 108 Å². The van der Waals surface area contributed by atoms with E-state index in [2.05, 4.69) is 47.0 Å². The smallest absolute Gasteiger partial charge is 0.338 e. The Balaban J connectivity index is 1.51. The van der Waals surface area contributed by atoms with Gasteiger partial charge in [-0.2, -0.15) is 0 Å². The number of benzene rings is 4. The maximum atomic E-state index is 14.7. The molecule has 0 saturated carbocycles. The summed E-state index contributed by atoms with van der Waals surface area (Å²) in [6, 6.07) is 39.6. The van der Waals surface area contributed by atoms with Crippen molar-refractivity contribution in [1.82, 2.24) is 9.13 Å². The van der Waals surface area contributed by atoms with Gasteiger partial charge in [-0.15, -0.1) is 0 Å². The number of fused-ring (bicyclic) bond motifs is 1. The quantitative estimate of drug-likeness (QED) is 0.147. The highest BCUT2D eigenvalue weighted by molar-refractivity contribution is 7.07. The van der Waals surface area contributed by atoms with Crippen molar-refractivity contribution in [3.63, 3.8) is 0 Å². The van der Waals surface area contributed by atoms with Crippen molar-refractivity contribution in [2.24, 2.45) is 4.99 Å². The molecule has 0 N–H and O–H groups in total. The van der Waals surface area contributed by atoms with E-state index in [1.807, 2.05) is 98.8 Å². The highest BCUT2D eigenvalue weighted by Gasteiger charge is 2.35. The Morgan fingerprint density at radius 3 is 2.16 bits per heavy atom. The van der Waals surface area contributed by atoms with Crippen LogP contribution in [0, 0.1) is 0 Å². The molecule has 50 heavy (non-hydrogen) atoms. The number of thiazole rings is 1. The van der Waals surface area contributed by atoms with E-state index in [0.717, 1.165) is 33.8 Å². The number of carbonyl (C=O) groups excluding carboxylic acids is 1. The summed E-state index contributed by atoms with van der Waals surface area (Å²) in [5.41, 5.74) is 7.15. The molecule has 1 aliphatic heterocycles. The predicted molar refractivity (Wildman–Crippen MR) is 199 cm³/mol. The molecule has 0 saturated heterocycles. The minimum Gasteiger partial charge on any atom is -0.491 e. The lowest BCUT2D eigenvalue weighted by molar-refractivity contribution is -0.139. The first-order valence-electron chi connectivity index (χ1n) is 16.7. The molecule has 0 aliphatic carbocycles. The molecular weight excluding hydrogens is 643 g/mol. The van der Waals surface area contributed by atoms with Gasteiger partial charge in [0.05, 0.1) is 39.9 Å². The molecule has 6 aromatic rings. The molecular formula is C42H37N3O4S. The Morgan fingerprint density at radius 1 is 0.880 bits per heavy atom. The summed E-state index contributed by atoms with van der Waals surface area (Å²) in [5, 5.41) is 0. The van der Waals surface area contributed by atoms with Crippen LogP contribution in [0.25, 0.3) is 34.3 Å². The van der Waals surface area contributed by atoms with Gasteiger partial charge in [-0.05, 0) is 69.2 Å². The van der Waals surface area contributed by atoms with E-state index in [-0.39, 0.29) is 18.3 Å². The van der Waals surface area contributed by atoms with E-state index >= 15 is 0 Å². The lowest BCUT2D eigenvalue weighted by atomic mass is 9.95. The molecule has 0 spiro atoms. The third-order valence-corrected chi connectivity index (χ3v) is 9.52. The Hall–Kier alpha value is -5.73. The van der Waals surface area contributed by atoms with Gasteiger partial charge in [0.2, 0.25) is 0 Å². The summed E-state index contributed by atoms with van der Waals surface area (Å²) in [7, 11) is 0. The number of para-hydroxylation sites is 2. The second kappa shape index (κ2) is 14.0. The molecule has 250 valence electrons. The molecule has 1 atom stereocenters. The molecule has 8 heteroatoms. The summed E-state index contributed by atoms with van der Waals surface area (Å²) in [6.07, 6.45) is 1.83. The van der Waals surface area contributed by atoms with E-state index in [9.17, 15) is 9.59 Å². The third-order valence-electron chi connectivity index (χ3n) is 8.54. The third kappa shape index (κ3) is 6.14. The van der Waals surface area contributed by atoms with E-state index in [1.54, 1.807) is 18.4 Å². The van der Waals surface area contributed by atoms with Crippen LogP contribution in [0.1, 0.15) is 44.9 Å². The molecule has 0 fully saturated rings. The zero-order chi connectivity index (χ0) is 34.8. The average molecular weight is 680 g/mol. The number of rotatable bonds is 9. The monoisotopic (exact) mass is 679 g/mol. The number of aromatic nitrogens is 2. The van der Waals surface area contributed by atoms with Gasteiger partial charge in [0.1, 0.15) is 11.8 Å². The molecule has 1 aliphatic rings. The van der Waals surface area contributed by atoms with Crippen molar-refractivity contribution in [3.8, 4) is 34.0 Å². The van der Waals surface area contributed by atoms with Crippen molar-refractivity contribution in [2.45, 2.75) is 39.8 Å². The Kier molecular flexibility index (Phi) is 9.19. The number of carbonyl (C=O) groups is 1. The number of hydrogen-bond donors (Lipinski definition) is 0. The van der Waals surface area contributed by atoms with Crippen molar-refractivity contribution < 1.29 is 14.3 Å². The largest absolute Gasteiger partial charge is 0.491 e. The summed E-state index contributed by atoms with van der Waals surface area (Å²) < 4.78 is 16.1. The summed E-state index contributed by atoms with van der Waals surface area (Å²) in [4.78, 5) is 33.6. The summed E-state index contributed by atoms with van der Waals surface area (Å²) in [6.45, 7) is 7.66. The zero-order valence-electron chi connectivity index (χ0n) is 28.4. The molecule has 7 nitrogen and oxygen atoms in total. The van der Waals surface area contributed by atoms with Crippen LogP contribution >= 0.6 is 11.3 Å². The van der Waals surface area contributed by atoms with Crippen molar-refractivity contribution in [3.05, 3.63) is 163 Å². The SMILES string of the molecule is CCOC(=O)C1=C(C)N=c2s/c(=C\c3cc(-c4ccccc4)n(-c4ccccc4)c3-c3ccccc3)c(=O)n2[C@H]1c1ccccc1OC(C)C. The van der Waals surface area contributed by atoms with Crippen LogP contribution in [0.4, 0.5) is 0 Å². The highest BCUT2D eigenvalue weighted by atomic mass is 32.1. The number of ether oxygens (including phenoxy) is 2. The fourth-order valence-corrected chi connectivity index (χ4v) is 7.53. The topological polar surface area (TPSA) is 74.8 Å². The van der Waals surface area contributed by atoms with E-state index in [0.29, 0.717) is 31.9 Å². The number of nitrogens with zero attached hydrogens (tertiary/aromatic N) is 3. The fraction of sp³-hybridized carbons (Fsp3) is 0.167. The van der Waals surface area contributed by atoms with Gasteiger partial charge in [0.25, 0.3) is 5.56 Å². The molecule has 0 unspecified atom stereocenters. The standard InChI is InChI=1S/C42H37N3O4S/c1-5-48-41(47)37-28(4)43-42-45(39(37)33-23-15-16-24-35(33)49-27(2)3)40(46)36(50-42)26-31-25-34(29-17-9-6-10-18-29)44(32-21-13-8-14-22-32)38(31)30-19-11-7-12-20-30/h6-27,39H,5H2,1-4H3/b36-26-/t39-/m0/s1. The molecule has 2 aromatic heterocycles. The van der Waals surface area contributed by atoms with Crippen LogP contribution in [0.3, 0.4) is 0 Å². The first kappa shape index (κ1) is 32.8. The van der Waals surface area contributed by atoms with Crippen molar-refractivity contribution in [1.29, 1.82) is 0 Å². The van der Waals surface area contributed by atoms with Crippen molar-refractivity contribution >= 4 is 23.4 Å². The predicted octanol–water partition coefficient (Wildman–Crippen LogP) is 7.71. The number of hydrogen-bond acceptors (Lipinski definition) is 6. The van der Waals surface area contributed by atoms with Crippen molar-refractivity contribution in [2.75, 3.05) is 6.61 Å². The molecule has 0 amide bonds. The second-order valence-electron chi connectivity index (χ2n) is 12.2. The Bertz CT molecular complexity index is 2390. The zero-order valence-corrected chi connectivity index (χ0v) is 29.2. The first-order chi connectivity index (χ1) is 24.4. The van der Waals surface area contributed by atoms with Crippen LogP contribution in [0.15, 0.2) is 142 Å². The van der Waals surface area contributed by atoms with Gasteiger partial charge in [-0.3, -0.25) is 9.36 Å². The van der Waals surface area contributed by atoms with Crippen LogP contribution in [-0.4, -0.2) is 27.8 Å². The lowest BCUT2D eigenvalue weighted by Gasteiger charge is -2.26. The van der Waals surface area contributed by atoms with Crippen LogP contribution < -0.4 is 19.6 Å². The van der Waals surface area contributed by atoms with E-state index in [4.69, 9.17) is 14.5 Å². The summed E-state index contributed by atoms with van der Waals surface area (Å²) in [5.74, 6) is 0.0866. The maximum absolute atomic E-state index is 14.7. The molecule has 0 bridgehead atoms. The van der Waals surface area contributed by atoms with Gasteiger partial charge in [0, 0.05) is 16.8 Å². The van der Waals surface area contributed by atoms with Crippen LogP contribution in [-0.2, 0) is 9.53 Å². The highest BCUT2D eigenvalue weighted by Crippen LogP contribution is 2.38. The van der Waals surface area contributed by atoms with E-state index < -0.39 is 12.0 Å². The molecule has 4 aromatic carbocycles. The Morgan fingerprint density at radius 2 is 1.50 bits per heavy atom. The van der Waals surface area contributed by atoms with Crippen LogP contribution in [0.2, 0.25) is 0 Å². The molecule has 3 heterocycles. The fourth-order valence-electron chi connectivity index (χ4n) is 6.49. The molecule has 7 rings (SSSR count). The maximum Gasteiger partial charge on any atom is 0.338 e. The van der Waals surface area contributed by atoms with Gasteiger partial charge in [0.15, 0.2) is 4.80 Å². The Labute approximate surface area is 294 Å². The van der Waals surface area contributed by atoms with E-state index in [1.165, 1.54) is 11.3 Å². The minimum atomic E-state index is -0.787. The number of allylic oxidation sites excluding steroid dienone is 1. The minimum absolute atomic E-state index is 0.119. The summed E-state index contributed by atoms with van der Waals surface area (Å²) >= 11 is 1.31. The average Bonchev–Trinajstić information content (AvgIpc) is 3.65.